The molecule has 0 saturated carbocycles. The number of hydrogen-bond donors (Lipinski definition) is 2. The molecule has 3 aromatic carbocycles. The minimum absolute atomic E-state index is 0.0905. The van der Waals surface area contributed by atoms with E-state index in [-0.39, 0.29) is 12.5 Å². The van der Waals surface area contributed by atoms with Crippen molar-refractivity contribution in [1.29, 1.82) is 0 Å². The smallest absolute Gasteiger partial charge is 0.243 e. The van der Waals surface area contributed by atoms with E-state index >= 15 is 0 Å². The van der Waals surface area contributed by atoms with Crippen LogP contribution in [0.4, 0.5) is 17.1 Å². The molecule has 0 spiro atoms. The molecular weight excluding hydrogens is 629 g/mol. The van der Waals surface area contributed by atoms with Crippen molar-refractivity contribution >= 4 is 55.4 Å². The van der Waals surface area contributed by atoms with Crippen molar-refractivity contribution in [3.8, 4) is 10.7 Å². The van der Waals surface area contributed by atoms with Crippen LogP contribution in [0.3, 0.4) is 0 Å². The number of pyridine rings is 3. The highest BCUT2D eigenvalue weighted by Gasteiger charge is 2.12. The molecule has 4 heterocycles. The summed E-state index contributed by atoms with van der Waals surface area (Å²) in [5, 5.41) is 8.44. The predicted molar refractivity (Wildman–Crippen MR) is 200 cm³/mol. The second-order valence-corrected chi connectivity index (χ2v) is 12.9. The summed E-state index contributed by atoms with van der Waals surface area (Å²) in [6.07, 6.45) is 3.65. The fourth-order valence-corrected chi connectivity index (χ4v) is 6.58. The monoisotopic (exact) mass is 664 g/mol. The molecule has 7 rings (SSSR count). The maximum atomic E-state index is 13.0. The number of hydrogen-bond acceptors (Lipinski definition) is 9. The number of likely N-dealkylation sites (N-methyl/N-ethyl adjacent to an activating group) is 1. The van der Waals surface area contributed by atoms with Crippen LogP contribution < -0.4 is 15.5 Å². The third-order valence-electron chi connectivity index (χ3n) is 8.16. The fraction of sp³-hybridized carbons (Fsp3) is 0.154. The molecule has 0 aliphatic heterocycles. The van der Waals surface area contributed by atoms with E-state index in [0.717, 1.165) is 86.5 Å². The molecule has 49 heavy (non-hydrogen) atoms. The zero-order valence-corrected chi connectivity index (χ0v) is 28.0. The fourth-order valence-electron chi connectivity index (χ4n) is 5.64. The average Bonchev–Trinajstić information content (AvgIpc) is 3.57. The van der Waals surface area contributed by atoms with Gasteiger partial charge in [0, 0.05) is 68.1 Å². The van der Waals surface area contributed by atoms with E-state index in [1.54, 1.807) is 11.3 Å². The number of rotatable bonds is 13. The van der Waals surface area contributed by atoms with Gasteiger partial charge < -0.3 is 15.5 Å². The summed E-state index contributed by atoms with van der Waals surface area (Å²) < 4.78 is 1.15. The Hall–Kier alpha value is -5.71. The van der Waals surface area contributed by atoms with Crippen molar-refractivity contribution < 1.29 is 4.79 Å². The molecule has 0 aliphatic carbocycles. The standard InChI is InChI=1S/C39H36N8OS/c1-46(33-17-19-34-28(24-33)12-18-36(44-34)39-45-35-10-2-3-11-37(35)49-39)27-38(48)43-30-15-13-29(14-16-30)42-22-23-47(25-31-8-4-6-20-40-31)26-32-9-5-7-21-41-32/h2-21,24,42H,22-23,25-27H2,1H3,(H,43,48). The van der Waals surface area contributed by atoms with Gasteiger partial charge in [-0.15, -0.1) is 11.3 Å². The molecular formula is C39H36N8OS. The molecule has 0 radical (unpaired) electrons. The molecule has 0 unspecified atom stereocenters. The molecule has 4 aromatic heterocycles. The maximum Gasteiger partial charge on any atom is 0.243 e. The zero-order valence-electron chi connectivity index (χ0n) is 27.2. The van der Waals surface area contributed by atoms with E-state index in [1.807, 2.05) is 121 Å². The van der Waals surface area contributed by atoms with Gasteiger partial charge in [-0.25, -0.2) is 9.97 Å². The van der Waals surface area contributed by atoms with E-state index in [1.165, 1.54) is 0 Å². The number of benzene rings is 3. The lowest BCUT2D eigenvalue weighted by Crippen LogP contribution is -2.30. The highest BCUT2D eigenvalue weighted by atomic mass is 32.1. The third-order valence-corrected chi connectivity index (χ3v) is 9.22. The van der Waals surface area contributed by atoms with Crippen LogP contribution >= 0.6 is 11.3 Å². The Labute approximate surface area is 289 Å². The first-order chi connectivity index (χ1) is 24.1. The van der Waals surface area contributed by atoms with Gasteiger partial charge in [0.25, 0.3) is 0 Å². The summed E-state index contributed by atoms with van der Waals surface area (Å²) in [6, 6.07) is 38.1. The summed E-state index contributed by atoms with van der Waals surface area (Å²) in [7, 11) is 1.92. The van der Waals surface area contributed by atoms with Gasteiger partial charge in [0.05, 0.1) is 39.4 Å². The molecule has 0 aliphatic rings. The minimum Gasteiger partial charge on any atom is -0.384 e. The van der Waals surface area contributed by atoms with Gasteiger partial charge in [0.2, 0.25) is 5.91 Å². The van der Waals surface area contributed by atoms with Gasteiger partial charge in [-0.05, 0) is 84.9 Å². The molecule has 0 fully saturated rings. The van der Waals surface area contributed by atoms with Gasteiger partial charge >= 0.3 is 0 Å². The summed E-state index contributed by atoms with van der Waals surface area (Å²) in [4.78, 5) is 35.8. The Morgan fingerprint density at radius 2 is 1.45 bits per heavy atom. The van der Waals surface area contributed by atoms with E-state index in [0.29, 0.717) is 0 Å². The Kier molecular flexibility index (Phi) is 9.77. The second kappa shape index (κ2) is 15.0. The first kappa shape index (κ1) is 31.9. The van der Waals surface area contributed by atoms with Crippen molar-refractivity contribution in [2.45, 2.75) is 13.1 Å². The van der Waals surface area contributed by atoms with Gasteiger partial charge in [-0.2, -0.15) is 0 Å². The average molecular weight is 665 g/mol. The van der Waals surface area contributed by atoms with Crippen LogP contribution in [-0.2, 0) is 17.9 Å². The second-order valence-electron chi connectivity index (χ2n) is 11.8. The number of nitrogens with zero attached hydrogens (tertiary/aromatic N) is 6. The number of carbonyl (C=O) groups is 1. The molecule has 0 atom stereocenters. The molecule has 1 amide bonds. The molecule has 244 valence electrons. The number of carbonyl (C=O) groups excluding carboxylic acids is 1. The first-order valence-electron chi connectivity index (χ1n) is 16.2. The van der Waals surface area contributed by atoms with Crippen LogP contribution in [0, 0.1) is 0 Å². The largest absolute Gasteiger partial charge is 0.384 e. The van der Waals surface area contributed by atoms with E-state index in [4.69, 9.17) is 9.97 Å². The van der Waals surface area contributed by atoms with Gasteiger partial charge in [0.1, 0.15) is 5.01 Å². The van der Waals surface area contributed by atoms with Crippen molar-refractivity contribution in [3.05, 3.63) is 139 Å². The number of nitrogens with one attached hydrogen (secondary N) is 2. The van der Waals surface area contributed by atoms with E-state index in [9.17, 15) is 4.79 Å². The zero-order chi connectivity index (χ0) is 33.4. The lowest BCUT2D eigenvalue weighted by atomic mass is 10.1. The van der Waals surface area contributed by atoms with Crippen LogP contribution in [-0.4, -0.2) is 57.4 Å². The quantitative estimate of drug-likeness (QED) is 0.131. The number of aromatic nitrogens is 4. The topological polar surface area (TPSA) is 99.2 Å². The van der Waals surface area contributed by atoms with Crippen molar-refractivity contribution in [1.82, 2.24) is 24.8 Å². The van der Waals surface area contributed by atoms with Gasteiger partial charge in [-0.3, -0.25) is 19.7 Å². The molecule has 10 heteroatoms. The molecule has 2 N–H and O–H groups in total. The number of amides is 1. The summed E-state index contributed by atoms with van der Waals surface area (Å²) >= 11 is 1.64. The summed E-state index contributed by atoms with van der Waals surface area (Å²) in [5.74, 6) is -0.0905. The molecule has 9 nitrogen and oxygen atoms in total. The van der Waals surface area contributed by atoms with Gasteiger partial charge in [0.15, 0.2) is 0 Å². The third kappa shape index (κ3) is 8.24. The van der Waals surface area contributed by atoms with E-state index < -0.39 is 0 Å². The Bertz CT molecular complexity index is 2080. The molecule has 0 bridgehead atoms. The van der Waals surface area contributed by atoms with Crippen molar-refractivity contribution in [3.63, 3.8) is 0 Å². The number of fused-ring (bicyclic) bond motifs is 2. The molecule has 7 aromatic rings. The summed E-state index contributed by atoms with van der Waals surface area (Å²) in [5.41, 5.74) is 7.47. The van der Waals surface area contributed by atoms with Crippen LogP contribution in [0.15, 0.2) is 128 Å². The van der Waals surface area contributed by atoms with Crippen molar-refractivity contribution in [2.24, 2.45) is 0 Å². The Morgan fingerprint density at radius 3 is 2.16 bits per heavy atom. The number of para-hydroxylation sites is 1. The maximum absolute atomic E-state index is 13.0. The first-order valence-corrected chi connectivity index (χ1v) is 17.0. The SMILES string of the molecule is CN(CC(=O)Nc1ccc(NCCN(Cc2ccccn2)Cc2ccccn2)cc1)c1ccc2nc(-c3nc4ccccc4s3)ccc2c1. The summed E-state index contributed by atoms with van der Waals surface area (Å²) in [6.45, 7) is 3.25. The van der Waals surface area contributed by atoms with Crippen LogP contribution in [0.1, 0.15) is 11.4 Å². The number of thiazole rings is 1. The highest BCUT2D eigenvalue weighted by Crippen LogP contribution is 2.30. The highest BCUT2D eigenvalue weighted by molar-refractivity contribution is 7.21. The van der Waals surface area contributed by atoms with Crippen LogP contribution in [0.25, 0.3) is 31.8 Å². The lowest BCUT2D eigenvalue weighted by Gasteiger charge is -2.22. The lowest BCUT2D eigenvalue weighted by molar-refractivity contribution is -0.114. The van der Waals surface area contributed by atoms with Crippen molar-refractivity contribution in [2.75, 3.05) is 42.2 Å². The Morgan fingerprint density at radius 1 is 0.735 bits per heavy atom. The van der Waals surface area contributed by atoms with Gasteiger partial charge in [-0.1, -0.05) is 30.3 Å². The predicted octanol–water partition coefficient (Wildman–Crippen LogP) is 7.49. The van der Waals surface area contributed by atoms with E-state index in [2.05, 4.69) is 43.7 Å². The molecule has 0 saturated heterocycles. The van der Waals surface area contributed by atoms with Crippen LogP contribution in [0.5, 0.6) is 0 Å². The normalized spacial score (nSPS) is 11.2. The number of anilines is 3. The van der Waals surface area contributed by atoms with Crippen LogP contribution in [0.2, 0.25) is 0 Å². The Balaban J connectivity index is 0.911. The minimum atomic E-state index is -0.0905.